The van der Waals surface area contributed by atoms with Crippen LogP contribution in [0.5, 0.6) is 0 Å². The molecule has 0 atom stereocenters. The standard InChI is InChI=1S/C9H9NO4.2K/c11-8(12)5-10-7-4-2-1-3-6(7)9(13)14;;/h1-4,10H,5H2,(H,11,12)(H,13,14);;. The van der Waals surface area contributed by atoms with Crippen molar-refractivity contribution in [2.45, 2.75) is 0 Å². The van der Waals surface area contributed by atoms with Gasteiger partial charge >= 0.3 is 11.9 Å². The summed E-state index contributed by atoms with van der Waals surface area (Å²) in [6.07, 6.45) is 0. The summed E-state index contributed by atoms with van der Waals surface area (Å²) >= 11 is 0. The van der Waals surface area contributed by atoms with Gasteiger partial charge in [-0.15, -0.1) is 0 Å². The van der Waals surface area contributed by atoms with E-state index in [0.29, 0.717) is 5.69 Å². The molecule has 7 heteroatoms. The van der Waals surface area contributed by atoms with Gasteiger partial charge in [0.2, 0.25) is 0 Å². The minimum Gasteiger partial charge on any atom is -0.480 e. The van der Waals surface area contributed by atoms with Crippen molar-refractivity contribution in [3.8, 4) is 0 Å². The van der Waals surface area contributed by atoms with E-state index < -0.39 is 11.9 Å². The van der Waals surface area contributed by atoms with E-state index in [-0.39, 0.29) is 115 Å². The molecule has 1 aromatic rings. The summed E-state index contributed by atoms with van der Waals surface area (Å²) in [5, 5.41) is 19.7. The molecule has 1 rings (SSSR count). The Hall–Kier alpha value is 1.23. The number of benzene rings is 1. The second-order valence-corrected chi connectivity index (χ2v) is 2.60. The summed E-state index contributed by atoms with van der Waals surface area (Å²) in [5.74, 6) is -2.12. The number of hydrogen-bond acceptors (Lipinski definition) is 3. The van der Waals surface area contributed by atoms with E-state index in [1.54, 1.807) is 12.1 Å². The summed E-state index contributed by atoms with van der Waals surface area (Å²) in [6, 6.07) is 6.14. The Kier molecular flexibility index (Phi) is 12.5. The first-order chi connectivity index (χ1) is 6.61. The maximum Gasteiger partial charge on any atom is 0.337 e. The Bertz CT molecular complexity index is 370. The second-order valence-electron chi connectivity index (χ2n) is 2.60. The van der Waals surface area contributed by atoms with Gasteiger partial charge in [0.05, 0.1) is 5.56 Å². The quantitative estimate of drug-likeness (QED) is 0.678. The Morgan fingerprint density at radius 1 is 1.12 bits per heavy atom. The van der Waals surface area contributed by atoms with Crippen LogP contribution >= 0.6 is 0 Å². The predicted octanol–water partition coefficient (Wildman–Crippen LogP) is 0.120. The number of anilines is 1. The molecule has 0 aliphatic rings. The molecular formula is C9H9K2NO4. The van der Waals surface area contributed by atoms with E-state index in [1.165, 1.54) is 12.1 Å². The molecule has 76 valence electrons. The largest absolute Gasteiger partial charge is 0.480 e. The van der Waals surface area contributed by atoms with Crippen molar-refractivity contribution in [3.05, 3.63) is 29.8 Å². The molecule has 0 aromatic heterocycles. The van der Waals surface area contributed by atoms with Crippen LogP contribution in [0.2, 0.25) is 0 Å². The number of aliphatic carboxylic acids is 1. The average Bonchev–Trinajstić information content (AvgIpc) is 2.15. The third-order valence-corrected chi connectivity index (χ3v) is 1.59. The van der Waals surface area contributed by atoms with Crippen molar-refractivity contribution in [2.75, 3.05) is 11.9 Å². The normalized spacial score (nSPS) is 8.25. The van der Waals surface area contributed by atoms with Gasteiger partial charge in [0.1, 0.15) is 6.54 Å². The van der Waals surface area contributed by atoms with Crippen LogP contribution in [0.4, 0.5) is 5.69 Å². The Morgan fingerprint density at radius 2 is 1.69 bits per heavy atom. The zero-order chi connectivity index (χ0) is 10.6. The fourth-order valence-corrected chi connectivity index (χ4v) is 0.995. The number of carboxylic acids is 2. The molecule has 0 heterocycles. The van der Waals surface area contributed by atoms with Crippen molar-refractivity contribution in [2.24, 2.45) is 0 Å². The molecular weight excluding hydrogens is 264 g/mol. The fourth-order valence-electron chi connectivity index (χ4n) is 0.995. The number of aromatic carboxylic acids is 1. The van der Waals surface area contributed by atoms with Crippen LogP contribution in [-0.4, -0.2) is 131 Å². The van der Waals surface area contributed by atoms with Gasteiger partial charge in [-0.3, -0.25) is 4.79 Å². The van der Waals surface area contributed by atoms with Crippen molar-refractivity contribution >= 4 is 120 Å². The molecule has 0 aliphatic heterocycles. The summed E-state index contributed by atoms with van der Waals surface area (Å²) in [7, 11) is 0. The van der Waals surface area contributed by atoms with Crippen LogP contribution in [0, 0.1) is 0 Å². The zero-order valence-electron chi connectivity index (χ0n) is 9.23. The van der Waals surface area contributed by atoms with Crippen LogP contribution < -0.4 is 5.32 Å². The number of nitrogens with one attached hydrogen (secondary N) is 1. The van der Waals surface area contributed by atoms with Gasteiger partial charge < -0.3 is 15.5 Å². The maximum atomic E-state index is 10.7. The molecule has 0 saturated carbocycles. The van der Waals surface area contributed by atoms with Crippen LogP contribution in [0.1, 0.15) is 10.4 Å². The van der Waals surface area contributed by atoms with Gasteiger partial charge in [0, 0.05) is 108 Å². The van der Waals surface area contributed by atoms with Crippen molar-refractivity contribution in [3.63, 3.8) is 0 Å². The molecule has 0 fully saturated rings. The molecule has 3 N–H and O–H groups in total. The fraction of sp³-hybridized carbons (Fsp3) is 0.111. The van der Waals surface area contributed by atoms with Crippen LogP contribution in [0.3, 0.4) is 0 Å². The molecule has 0 unspecified atom stereocenters. The van der Waals surface area contributed by atoms with Gasteiger partial charge in [-0.25, -0.2) is 4.79 Å². The van der Waals surface area contributed by atoms with Crippen molar-refractivity contribution in [1.29, 1.82) is 0 Å². The number of hydrogen-bond donors (Lipinski definition) is 3. The van der Waals surface area contributed by atoms with Gasteiger partial charge in [-0.1, -0.05) is 12.1 Å². The van der Waals surface area contributed by atoms with Crippen LogP contribution in [0.25, 0.3) is 0 Å². The number of carboxylic acid groups (broad SMARTS) is 2. The number of rotatable bonds is 4. The zero-order valence-corrected chi connectivity index (χ0v) is 15.5. The first-order valence-corrected chi connectivity index (χ1v) is 3.89. The summed E-state index contributed by atoms with van der Waals surface area (Å²) in [4.78, 5) is 20.9. The van der Waals surface area contributed by atoms with Gasteiger partial charge in [0.15, 0.2) is 0 Å². The monoisotopic (exact) mass is 273 g/mol. The first kappa shape index (κ1) is 19.6. The molecule has 0 saturated heterocycles. The minimum absolute atomic E-state index is 0. The third kappa shape index (κ3) is 6.84. The van der Waals surface area contributed by atoms with Gasteiger partial charge in [-0.2, -0.15) is 0 Å². The minimum atomic E-state index is -1.08. The molecule has 16 heavy (non-hydrogen) atoms. The molecule has 0 amide bonds. The van der Waals surface area contributed by atoms with Crippen molar-refractivity contribution in [1.82, 2.24) is 0 Å². The molecule has 0 spiro atoms. The Balaban J connectivity index is 0. The van der Waals surface area contributed by atoms with Crippen LogP contribution in [0.15, 0.2) is 24.3 Å². The van der Waals surface area contributed by atoms with Gasteiger partial charge in [0.25, 0.3) is 0 Å². The van der Waals surface area contributed by atoms with Crippen LogP contribution in [-0.2, 0) is 4.79 Å². The van der Waals surface area contributed by atoms with E-state index in [9.17, 15) is 9.59 Å². The Labute approximate surface area is 178 Å². The van der Waals surface area contributed by atoms with E-state index >= 15 is 0 Å². The number of carbonyl (C=O) groups is 2. The molecule has 5 nitrogen and oxygen atoms in total. The van der Waals surface area contributed by atoms with E-state index in [2.05, 4.69) is 5.32 Å². The molecule has 0 aliphatic carbocycles. The Morgan fingerprint density at radius 3 is 2.19 bits per heavy atom. The summed E-state index contributed by atoms with van der Waals surface area (Å²) in [5.41, 5.74) is 0.371. The SMILES string of the molecule is O=C(O)CNc1ccccc1C(=O)O.[K].[K]. The topological polar surface area (TPSA) is 86.6 Å². The summed E-state index contributed by atoms with van der Waals surface area (Å²) in [6.45, 7) is -0.301. The molecule has 1 aromatic carbocycles. The smallest absolute Gasteiger partial charge is 0.337 e. The van der Waals surface area contributed by atoms with E-state index in [1.807, 2.05) is 0 Å². The average molecular weight is 273 g/mol. The van der Waals surface area contributed by atoms with E-state index in [0.717, 1.165) is 0 Å². The first-order valence-electron chi connectivity index (χ1n) is 3.89. The predicted molar refractivity (Wildman–Crippen MR) is 61.0 cm³/mol. The molecule has 2 radical (unpaired) electrons. The maximum absolute atomic E-state index is 10.7. The van der Waals surface area contributed by atoms with E-state index in [4.69, 9.17) is 10.2 Å². The second kappa shape index (κ2) is 10.2. The number of para-hydroxylation sites is 1. The molecule has 0 bridgehead atoms. The van der Waals surface area contributed by atoms with Crippen molar-refractivity contribution < 1.29 is 19.8 Å². The third-order valence-electron chi connectivity index (χ3n) is 1.59. The van der Waals surface area contributed by atoms with Gasteiger partial charge in [-0.05, 0) is 12.1 Å². The summed E-state index contributed by atoms with van der Waals surface area (Å²) < 4.78 is 0.